The zero-order valence-electron chi connectivity index (χ0n) is 9.37. The largest absolute Gasteiger partial charge is 0.301 e. The molecule has 1 aliphatic carbocycles. The number of thiol groups is 1. The fourth-order valence-electron chi connectivity index (χ4n) is 2.28. The summed E-state index contributed by atoms with van der Waals surface area (Å²) < 4.78 is 0. The number of rotatable bonds is 3. The van der Waals surface area contributed by atoms with Gasteiger partial charge in [0.25, 0.3) is 0 Å². The number of likely N-dealkylation sites (N-methyl/N-ethyl adjacent to an activating group) is 1. The first-order chi connectivity index (χ1) is 6.65. The van der Waals surface area contributed by atoms with E-state index in [1.807, 2.05) is 0 Å². The van der Waals surface area contributed by atoms with Crippen LogP contribution in [-0.4, -0.2) is 54.8 Å². The predicted octanol–water partition coefficient (Wildman–Crippen LogP) is 1.33. The molecule has 1 saturated heterocycles. The molecule has 0 aromatic carbocycles. The van der Waals surface area contributed by atoms with Crippen LogP contribution >= 0.6 is 12.6 Å². The van der Waals surface area contributed by atoms with Crippen molar-refractivity contribution in [1.29, 1.82) is 0 Å². The lowest BCUT2D eigenvalue weighted by Crippen LogP contribution is -2.51. The predicted molar refractivity (Wildman–Crippen MR) is 64.1 cm³/mol. The molecule has 3 heteroatoms. The Morgan fingerprint density at radius 2 is 2.07 bits per heavy atom. The molecule has 82 valence electrons. The highest BCUT2D eigenvalue weighted by Gasteiger charge is 2.43. The van der Waals surface area contributed by atoms with Gasteiger partial charge in [-0.2, -0.15) is 12.6 Å². The van der Waals surface area contributed by atoms with Crippen LogP contribution in [0.4, 0.5) is 0 Å². The maximum Gasteiger partial charge on any atom is 0.0192 e. The van der Waals surface area contributed by atoms with Gasteiger partial charge in [0.2, 0.25) is 0 Å². The second kappa shape index (κ2) is 4.03. The Morgan fingerprint density at radius 1 is 1.36 bits per heavy atom. The van der Waals surface area contributed by atoms with Crippen LogP contribution in [-0.2, 0) is 0 Å². The molecule has 1 aliphatic heterocycles. The van der Waals surface area contributed by atoms with Gasteiger partial charge in [0.05, 0.1) is 0 Å². The van der Waals surface area contributed by atoms with Crippen molar-refractivity contribution in [1.82, 2.24) is 9.80 Å². The summed E-state index contributed by atoms with van der Waals surface area (Å²) in [5, 5.41) is 0. The quantitative estimate of drug-likeness (QED) is 0.708. The van der Waals surface area contributed by atoms with Gasteiger partial charge in [-0.25, -0.2) is 0 Å². The molecule has 1 heterocycles. The first-order valence-electron chi connectivity index (χ1n) is 5.69. The van der Waals surface area contributed by atoms with Gasteiger partial charge in [-0.1, -0.05) is 0 Å². The Hall–Kier alpha value is 0.270. The molecule has 0 aromatic heterocycles. The van der Waals surface area contributed by atoms with Crippen LogP contribution in [0.5, 0.6) is 0 Å². The van der Waals surface area contributed by atoms with Gasteiger partial charge in [0.15, 0.2) is 0 Å². The van der Waals surface area contributed by atoms with Crippen LogP contribution in [0.1, 0.15) is 19.8 Å². The van der Waals surface area contributed by atoms with E-state index in [2.05, 4.69) is 36.4 Å². The number of hydrogen-bond acceptors (Lipinski definition) is 3. The lowest BCUT2D eigenvalue weighted by molar-refractivity contribution is 0.0916. The average molecular weight is 214 g/mol. The van der Waals surface area contributed by atoms with Crippen LogP contribution in [0.15, 0.2) is 0 Å². The maximum absolute atomic E-state index is 4.47. The molecule has 0 aromatic rings. The van der Waals surface area contributed by atoms with E-state index < -0.39 is 0 Å². The third-order valence-electron chi connectivity index (χ3n) is 3.90. The summed E-state index contributed by atoms with van der Waals surface area (Å²) in [4.78, 5) is 5.09. The highest BCUT2D eigenvalue weighted by atomic mass is 32.1. The summed E-state index contributed by atoms with van der Waals surface area (Å²) in [6, 6.07) is 0.722. The zero-order valence-corrected chi connectivity index (χ0v) is 10.3. The molecule has 0 spiro atoms. The third kappa shape index (κ3) is 2.26. The van der Waals surface area contributed by atoms with Crippen molar-refractivity contribution < 1.29 is 0 Å². The van der Waals surface area contributed by atoms with Gasteiger partial charge >= 0.3 is 0 Å². The summed E-state index contributed by atoms with van der Waals surface area (Å²) in [6.45, 7) is 7.33. The van der Waals surface area contributed by atoms with E-state index in [9.17, 15) is 0 Å². The molecular formula is C11H22N2S. The zero-order chi connectivity index (χ0) is 10.2. The van der Waals surface area contributed by atoms with Gasteiger partial charge < -0.3 is 4.90 Å². The summed E-state index contributed by atoms with van der Waals surface area (Å²) in [7, 11) is 2.23. The molecule has 0 radical (unpaired) electrons. The van der Waals surface area contributed by atoms with Crippen LogP contribution in [0, 0.1) is 5.41 Å². The van der Waals surface area contributed by atoms with E-state index >= 15 is 0 Å². The van der Waals surface area contributed by atoms with Crippen molar-refractivity contribution in [2.24, 2.45) is 5.41 Å². The Bertz CT molecular complexity index is 203. The monoisotopic (exact) mass is 214 g/mol. The Morgan fingerprint density at radius 3 is 2.57 bits per heavy atom. The van der Waals surface area contributed by atoms with E-state index in [4.69, 9.17) is 0 Å². The van der Waals surface area contributed by atoms with Gasteiger partial charge in [0.1, 0.15) is 0 Å². The minimum Gasteiger partial charge on any atom is -0.301 e. The van der Waals surface area contributed by atoms with Crippen molar-refractivity contribution in [2.45, 2.75) is 25.8 Å². The Kier molecular flexibility index (Phi) is 3.10. The molecule has 1 unspecified atom stereocenters. The van der Waals surface area contributed by atoms with Crippen LogP contribution in [0.25, 0.3) is 0 Å². The summed E-state index contributed by atoms with van der Waals surface area (Å²) >= 11 is 4.47. The minimum atomic E-state index is 0.596. The highest BCUT2D eigenvalue weighted by Crippen LogP contribution is 2.47. The van der Waals surface area contributed by atoms with E-state index in [0.717, 1.165) is 11.8 Å². The van der Waals surface area contributed by atoms with Crippen LogP contribution in [0.3, 0.4) is 0 Å². The number of nitrogens with zero attached hydrogens (tertiary/aromatic N) is 2. The van der Waals surface area contributed by atoms with Gasteiger partial charge in [-0.3, -0.25) is 4.90 Å². The van der Waals surface area contributed by atoms with Crippen molar-refractivity contribution in [3.63, 3.8) is 0 Å². The smallest absolute Gasteiger partial charge is 0.0192 e. The SMILES string of the molecule is CC1CN(CC2(CS)CC2)CCN1C. The molecule has 1 atom stereocenters. The molecule has 2 nitrogen and oxygen atoms in total. The van der Waals surface area contributed by atoms with E-state index in [-0.39, 0.29) is 0 Å². The van der Waals surface area contributed by atoms with Crippen molar-refractivity contribution in [3.8, 4) is 0 Å². The molecule has 0 bridgehead atoms. The number of piperazine rings is 1. The van der Waals surface area contributed by atoms with Gasteiger partial charge in [-0.15, -0.1) is 0 Å². The fraction of sp³-hybridized carbons (Fsp3) is 1.00. The normalized spacial score (nSPS) is 33.2. The molecule has 1 saturated carbocycles. The van der Waals surface area contributed by atoms with E-state index in [1.54, 1.807) is 0 Å². The summed E-state index contributed by atoms with van der Waals surface area (Å²) in [5.74, 6) is 1.08. The van der Waals surface area contributed by atoms with Crippen molar-refractivity contribution >= 4 is 12.6 Å². The molecule has 2 aliphatic rings. The minimum absolute atomic E-state index is 0.596. The number of hydrogen-bond donors (Lipinski definition) is 1. The highest BCUT2D eigenvalue weighted by molar-refractivity contribution is 7.80. The molecule has 14 heavy (non-hydrogen) atoms. The average Bonchev–Trinajstić information content (AvgIpc) is 2.93. The second-order valence-corrected chi connectivity index (χ2v) is 5.54. The maximum atomic E-state index is 4.47. The lowest BCUT2D eigenvalue weighted by atomic mass is 10.1. The third-order valence-corrected chi connectivity index (χ3v) is 4.57. The summed E-state index contributed by atoms with van der Waals surface area (Å²) in [6.07, 6.45) is 2.80. The Labute approximate surface area is 93.1 Å². The molecule has 2 fully saturated rings. The van der Waals surface area contributed by atoms with Crippen molar-refractivity contribution in [2.75, 3.05) is 39.0 Å². The second-order valence-electron chi connectivity index (χ2n) is 5.22. The molecular weight excluding hydrogens is 192 g/mol. The molecule has 2 rings (SSSR count). The van der Waals surface area contributed by atoms with Crippen LogP contribution < -0.4 is 0 Å². The summed E-state index contributed by atoms with van der Waals surface area (Å²) in [5.41, 5.74) is 0.596. The Balaban J connectivity index is 1.82. The van der Waals surface area contributed by atoms with E-state index in [1.165, 1.54) is 39.0 Å². The van der Waals surface area contributed by atoms with Gasteiger partial charge in [0, 0.05) is 32.2 Å². The standard InChI is InChI=1S/C11H22N2S/c1-10-7-13(6-5-12(10)2)8-11(9-14)3-4-11/h10,14H,3-9H2,1-2H3. The van der Waals surface area contributed by atoms with Crippen LogP contribution in [0.2, 0.25) is 0 Å². The molecule has 0 N–H and O–H groups in total. The fourth-order valence-corrected chi connectivity index (χ4v) is 2.70. The van der Waals surface area contributed by atoms with Gasteiger partial charge in [-0.05, 0) is 38.0 Å². The lowest BCUT2D eigenvalue weighted by Gasteiger charge is -2.39. The topological polar surface area (TPSA) is 6.48 Å². The first kappa shape index (κ1) is 10.8. The van der Waals surface area contributed by atoms with Crippen molar-refractivity contribution in [3.05, 3.63) is 0 Å². The molecule has 0 amide bonds. The first-order valence-corrected chi connectivity index (χ1v) is 6.32. The van der Waals surface area contributed by atoms with E-state index in [0.29, 0.717) is 5.41 Å².